The molecular formula is C26H34N4O4S2. The summed E-state index contributed by atoms with van der Waals surface area (Å²) >= 11 is 1.49. The summed E-state index contributed by atoms with van der Waals surface area (Å²) in [5.41, 5.74) is 2.06. The van der Waals surface area contributed by atoms with E-state index in [0.717, 1.165) is 35.2 Å². The fourth-order valence-corrected chi connectivity index (χ4v) is 7.27. The maximum absolute atomic E-state index is 14.0. The molecule has 0 spiro atoms. The summed E-state index contributed by atoms with van der Waals surface area (Å²) in [5.74, 6) is 0.373. The smallest absolute Gasteiger partial charge is 0.247 e. The number of thiazole rings is 1. The molecule has 1 aromatic heterocycles. The molecule has 0 aliphatic carbocycles. The van der Waals surface area contributed by atoms with Crippen molar-refractivity contribution in [1.29, 1.82) is 0 Å². The summed E-state index contributed by atoms with van der Waals surface area (Å²) in [4.78, 5) is 22.8. The molecule has 2 aromatic carbocycles. The average molecular weight is 531 g/mol. The molecule has 0 radical (unpaired) electrons. The maximum atomic E-state index is 14.0. The molecule has 3 aromatic rings. The quantitative estimate of drug-likeness (QED) is 0.394. The number of aryl methyl sites for hydroxylation is 1. The van der Waals surface area contributed by atoms with Gasteiger partial charge in [0.25, 0.3) is 0 Å². The minimum Gasteiger partial charge on any atom is -0.497 e. The van der Waals surface area contributed by atoms with E-state index in [9.17, 15) is 13.2 Å². The molecule has 1 saturated heterocycles. The third-order valence-electron chi connectivity index (χ3n) is 6.51. The van der Waals surface area contributed by atoms with Gasteiger partial charge >= 0.3 is 0 Å². The lowest BCUT2D eigenvalue weighted by Crippen LogP contribution is -2.48. The molecule has 0 N–H and O–H groups in total. The molecule has 4 rings (SSSR count). The Bertz CT molecular complexity index is 1310. The van der Waals surface area contributed by atoms with E-state index < -0.39 is 16.1 Å². The number of fused-ring (bicyclic) bond motifs is 1. The van der Waals surface area contributed by atoms with Gasteiger partial charge in [0.05, 0.1) is 22.2 Å². The molecule has 1 unspecified atom stereocenters. The van der Waals surface area contributed by atoms with Crippen LogP contribution in [0.2, 0.25) is 0 Å². The number of carbonyl (C=O) groups excluding carboxylic acids is 1. The summed E-state index contributed by atoms with van der Waals surface area (Å²) in [6.07, 6.45) is 2.74. The van der Waals surface area contributed by atoms with E-state index in [1.54, 1.807) is 17.0 Å². The molecule has 2 heterocycles. The van der Waals surface area contributed by atoms with Crippen LogP contribution in [0.1, 0.15) is 31.7 Å². The van der Waals surface area contributed by atoms with Gasteiger partial charge in [-0.2, -0.15) is 4.31 Å². The van der Waals surface area contributed by atoms with E-state index in [-0.39, 0.29) is 10.8 Å². The SMILES string of the molecule is CCc1cccc2sc(N(CCCN(C)C)C(=O)C3CCCN3S(=O)(=O)c3ccc(OC)cc3)nc12. The van der Waals surface area contributed by atoms with Crippen LogP contribution in [-0.4, -0.2) is 75.4 Å². The van der Waals surface area contributed by atoms with Crippen LogP contribution in [0.25, 0.3) is 10.2 Å². The van der Waals surface area contributed by atoms with E-state index >= 15 is 0 Å². The molecule has 1 aliphatic rings. The van der Waals surface area contributed by atoms with E-state index in [2.05, 4.69) is 17.9 Å². The second kappa shape index (κ2) is 11.2. The number of nitrogens with zero attached hydrogens (tertiary/aromatic N) is 4. The monoisotopic (exact) mass is 530 g/mol. The average Bonchev–Trinajstić information content (AvgIpc) is 3.54. The zero-order chi connectivity index (χ0) is 25.9. The highest BCUT2D eigenvalue weighted by Gasteiger charge is 2.42. The predicted octanol–water partition coefficient (Wildman–Crippen LogP) is 4.01. The number of methoxy groups -OCH3 is 1. The van der Waals surface area contributed by atoms with E-state index in [0.29, 0.717) is 36.8 Å². The molecule has 194 valence electrons. The Balaban J connectivity index is 1.66. The first-order valence-corrected chi connectivity index (χ1v) is 14.5. The summed E-state index contributed by atoms with van der Waals surface area (Å²) in [7, 11) is 1.69. The third-order valence-corrected chi connectivity index (χ3v) is 9.48. The minimum atomic E-state index is -3.84. The minimum absolute atomic E-state index is 0.162. The highest BCUT2D eigenvalue weighted by atomic mass is 32.2. The van der Waals surface area contributed by atoms with Gasteiger partial charge in [-0.1, -0.05) is 30.4 Å². The van der Waals surface area contributed by atoms with Crippen molar-refractivity contribution in [2.24, 2.45) is 0 Å². The Morgan fingerprint density at radius 3 is 2.58 bits per heavy atom. The fraction of sp³-hybridized carbons (Fsp3) is 0.462. The topological polar surface area (TPSA) is 83.0 Å². The highest BCUT2D eigenvalue weighted by Crippen LogP contribution is 2.34. The number of carbonyl (C=O) groups is 1. The first-order chi connectivity index (χ1) is 17.3. The van der Waals surface area contributed by atoms with Crippen LogP contribution in [0, 0.1) is 0 Å². The van der Waals surface area contributed by atoms with Crippen molar-refractivity contribution in [3.8, 4) is 5.75 Å². The number of hydrogen-bond donors (Lipinski definition) is 0. The van der Waals surface area contributed by atoms with Crippen LogP contribution < -0.4 is 9.64 Å². The zero-order valence-electron chi connectivity index (χ0n) is 21.3. The van der Waals surface area contributed by atoms with Gasteiger partial charge in [0.15, 0.2) is 5.13 Å². The van der Waals surface area contributed by atoms with E-state index in [4.69, 9.17) is 9.72 Å². The number of anilines is 1. The zero-order valence-corrected chi connectivity index (χ0v) is 22.9. The molecule has 1 amide bonds. The predicted molar refractivity (Wildman–Crippen MR) is 144 cm³/mol. The molecule has 1 aliphatic heterocycles. The second-order valence-corrected chi connectivity index (χ2v) is 12.1. The maximum Gasteiger partial charge on any atom is 0.247 e. The Kier molecular flexibility index (Phi) is 8.29. The molecule has 1 fully saturated rings. The summed E-state index contributed by atoms with van der Waals surface area (Å²) in [6, 6.07) is 11.7. The highest BCUT2D eigenvalue weighted by molar-refractivity contribution is 7.89. The van der Waals surface area contributed by atoms with Crippen molar-refractivity contribution < 1.29 is 17.9 Å². The Hall–Kier alpha value is -2.53. The third kappa shape index (κ3) is 5.41. The fourth-order valence-electron chi connectivity index (χ4n) is 4.58. The standard InChI is InChI=1S/C26H34N4O4S2/c1-5-19-9-6-11-23-24(19)27-26(35-23)29(17-8-16-28(2)3)25(31)22-10-7-18-30(22)36(32,33)21-14-12-20(34-4)13-15-21/h6,9,11-15,22H,5,7-8,10,16-18H2,1-4H3. The number of aromatic nitrogens is 1. The first kappa shape index (κ1) is 26.5. The van der Waals surface area contributed by atoms with Crippen molar-refractivity contribution >= 4 is 42.6 Å². The van der Waals surface area contributed by atoms with Gasteiger partial charge in [-0.15, -0.1) is 0 Å². The van der Waals surface area contributed by atoms with E-state index in [1.165, 1.54) is 34.9 Å². The molecule has 1 atom stereocenters. The van der Waals surface area contributed by atoms with Gasteiger partial charge in [-0.05, 0) is 82.2 Å². The summed E-state index contributed by atoms with van der Waals surface area (Å²) < 4.78 is 34.6. The Labute approximate surface area is 217 Å². The van der Waals surface area contributed by atoms with Crippen LogP contribution in [0.3, 0.4) is 0 Å². The molecule has 0 saturated carbocycles. The summed E-state index contributed by atoms with van der Waals surface area (Å²) in [5, 5.41) is 0.628. The first-order valence-electron chi connectivity index (χ1n) is 12.3. The molecular weight excluding hydrogens is 496 g/mol. The van der Waals surface area contributed by atoms with Crippen molar-refractivity contribution in [3.05, 3.63) is 48.0 Å². The van der Waals surface area contributed by atoms with Crippen LogP contribution >= 0.6 is 11.3 Å². The van der Waals surface area contributed by atoms with Gasteiger partial charge in [-0.3, -0.25) is 9.69 Å². The Morgan fingerprint density at radius 2 is 1.92 bits per heavy atom. The number of para-hydroxylation sites is 1. The molecule has 10 heteroatoms. The second-order valence-electron chi connectivity index (χ2n) is 9.21. The number of ether oxygens (including phenoxy) is 1. The van der Waals surface area contributed by atoms with Crippen molar-refractivity contribution in [2.75, 3.05) is 45.7 Å². The van der Waals surface area contributed by atoms with Crippen LogP contribution in [0.15, 0.2) is 47.4 Å². The van der Waals surface area contributed by atoms with Gasteiger partial charge in [0.1, 0.15) is 11.8 Å². The number of amides is 1. The normalized spacial score (nSPS) is 16.6. The lowest BCUT2D eigenvalue weighted by Gasteiger charge is -2.29. The van der Waals surface area contributed by atoms with Crippen LogP contribution in [-0.2, 0) is 21.2 Å². The lowest BCUT2D eigenvalue weighted by atomic mass is 10.1. The lowest BCUT2D eigenvalue weighted by molar-refractivity contribution is -0.121. The van der Waals surface area contributed by atoms with Gasteiger partial charge in [0.2, 0.25) is 15.9 Å². The van der Waals surface area contributed by atoms with Gasteiger partial charge < -0.3 is 9.64 Å². The van der Waals surface area contributed by atoms with Gasteiger partial charge in [0, 0.05) is 13.1 Å². The van der Waals surface area contributed by atoms with Crippen molar-refractivity contribution in [3.63, 3.8) is 0 Å². The number of rotatable bonds is 10. The largest absolute Gasteiger partial charge is 0.497 e. The number of benzene rings is 2. The van der Waals surface area contributed by atoms with Crippen LogP contribution in [0.5, 0.6) is 5.75 Å². The van der Waals surface area contributed by atoms with Crippen molar-refractivity contribution in [2.45, 2.75) is 43.5 Å². The van der Waals surface area contributed by atoms with Crippen LogP contribution in [0.4, 0.5) is 5.13 Å². The Morgan fingerprint density at radius 1 is 1.17 bits per heavy atom. The van der Waals surface area contributed by atoms with Crippen molar-refractivity contribution in [1.82, 2.24) is 14.2 Å². The molecule has 36 heavy (non-hydrogen) atoms. The number of hydrogen-bond acceptors (Lipinski definition) is 7. The summed E-state index contributed by atoms with van der Waals surface area (Å²) in [6.45, 7) is 3.70. The van der Waals surface area contributed by atoms with E-state index in [1.807, 2.05) is 26.2 Å². The molecule has 8 nitrogen and oxygen atoms in total. The van der Waals surface area contributed by atoms with Gasteiger partial charge in [-0.25, -0.2) is 13.4 Å². The number of sulfonamides is 1. The molecule has 0 bridgehead atoms.